The molecule has 1 amide bonds. The van der Waals surface area contributed by atoms with Crippen molar-refractivity contribution in [2.45, 2.75) is 32.2 Å². The summed E-state index contributed by atoms with van der Waals surface area (Å²) >= 11 is 0. The lowest BCUT2D eigenvalue weighted by Crippen LogP contribution is -2.32. The SMILES string of the molecule is CC(Nc1ccc(N2CCCCC2)cc1)C(=O)Nc1cccc(C#N)c1. The summed E-state index contributed by atoms with van der Waals surface area (Å²) in [7, 11) is 0. The van der Waals surface area contributed by atoms with Crippen LogP contribution in [0.3, 0.4) is 0 Å². The molecule has 1 atom stereocenters. The Morgan fingerprint density at radius 2 is 1.81 bits per heavy atom. The molecule has 0 aliphatic carbocycles. The number of hydrogen-bond acceptors (Lipinski definition) is 4. The van der Waals surface area contributed by atoms with E-state index >= 15 is 0 Å². The van der Waals surface area contributed by atoms with Crippen molar-refractivity contribution in [2.75, 3.05) is 28.6 Å². The molecule has 2 aromatic carbocycles. The molecule has 0 aromatic heterocycles. The van der Waals surface area contributed by atoms with Crippen LogP contribution < -0.4 is 15.5 Å². The number of carbonyl (C=O) groups is 1. The van der Waals surface area contributed by atoms with Crippen LogP contribution in [0, 0.1) is 11.3 Å². The van der Waals surface area contributed by atoms with Gasteiger partial charge in [-0.1, -0.05) is 6.07 Å². The lowest BCUT2D eigenvalue weighted by atomic mass is 10.1. The fourth-order valence-corrected chi connectivity index (χ4v) is 3.15. The summed E-state index contributed by atoms with van der Waals surface area (Å²) < 4.78 is 0. The van der Waals surface area contributed by atoms with Gasteiger partial charge in [0.05, 0.1) is 11.6 Å². The van der Waals surface area contributed by atoms with Crippen LogP contribution in [0.15, 0.2) is 48.5 Å². The van der Waals surface area contributed by atoms with Gasteiger partial charge < -0.3 is 15.5 Å². The zero-order valence-corrected chi connectivity index (χ0v) is 15.0. The first-order chi connectivity index (χ1) is 12.7. The van der Waals surface area contributed by atoms with Crippen LogP contribution in [0.5, 0.6) is 0 Å². The molecule has 0 saturated carbocycles. The quantitative estimate of drug-likeness (QED) is 0.857. The van der Waals surface area contributed by atoms with Crippen molar-refractivity contribution in [1.82, 2.24) is 0 Å². The Kier molecular flexibility index (Phi) is 5.75. The molecule has 5 heteroatoms. The topological polar surface area (TPSA) is 68.2 Å². The number of benzene rings is 2. The predicted octanol–water partition coefficient (Wildman–Crippen LogP) is 3.99. The molecule has 0 bridgehead atoms. The van der Waals surface area contributed by atoms with Crippen LogP contribution in [-0.4, -0.2) is 25.0 Å². The molecule has 3 rings (SSSR count). The number of carbonyl (C=O) groups excluding carboxylic acids is 1. The lowest BCUT2D eigenvalue weighted by Gasteiger charge is -2.29. The van der Waals surface area contributed by atoms with Gasteiger partial charge in [0, 0.05) is 30.2 Å². The number of nitrogens with zero attached hydrogens (tertiary/aromatic N) is 2. The van der Waals surface area contributed by atoms with Crippen molar-refractivity contribution in [3.63, 3.8) is 0 Å². The van der Waals surface area contributed by atoms with E-state index in [1.54, 1.807) is 24.3 Å². The summed E-state index contributed by atoms with van der Waals surface area (Å²) in [6, 6.07) is 16.8. The number of nitriles is 1. The first-order valence-electron chi connectivity index (χ1n) is 9.08. The van der Waals surface area contributed by atoms with Crippen molar-refractivity contribution in [3.05, 3.63) is 54.1 Å². The van der Waals surface area contributed by atoms with Crippen LogP contribution in [0.2, 0.25) is 0 Å². The van der Waals surface area contributed by atoms with E-state index in [-0.39, 0.29) is 11.9 Å². The van der Waals surface area contributed by atoms with E-state index in [1.807, 2.05) is 19.1 Å². The normalized spacial score (nSPS) is 15.0. The van der Waals surface area contributed by atoms with E-state index in [1.165, 1.54) is 24.9 Å². The maximum absolute atomic E-state index is 12.4. The van der Waals surface area contributed by atoms with E-state index in [2.05, 4.69) is 33.7 Å². The van der Waals surface area contributed by atoms with Crippen LogP contribution in [0.4, 0.5) is 17.1 Å². The van der Waals surface area contributed by atoms with Gasteiger partial charge in [0.25, 0.3) is 0 Å². The van der Waals surface area contributed by atoms with Gasteiger partial charge in [-0.15, -0.1) is 0 Å². The van der Waals surface area contributed by atoms with E-state index < -0.39 is 0 Å². The Morgan fingerprint density at radius 3 is 2.50 bits per heavy atom. The van der Waals surface area contributed by atoms with Gasteiger partial charge in [-0.05, 0) is 68.7 Å². The van der Waals surface area contributed by atoms with E-state index in [0.29, 0.717) is 11.3 Å². The first kappa shape index (κ1) is 17.8. The molecule has 26 heavy (non-hydrogen) atoms. The number of amides is 1. The lowest BCUT2D eigenvalue weighted by molar-refractivity contribution is -0.116. The Bertz CT molecular complexity index is 788. The van der Waals surface area contributed by atoms with Crippen molar-refractivity contribution < 1.29 is 4.79 Å². The van der Waals surface area contributed by atoms with Gasteiger partial charge in [0.1, 0.15) is 6.04 Å². The van der Waals surface area contributed by atoms with Gasteiger partial charge >= 0.3 is 0 Å². The number of hydrogen-bond donors (Lipinski definition) is 2. The van der Waals surface area contributed by atoms with Crippen molar-refractivity contribution in [2.24, 2.45) is 0 Å². The third kappa shape index (κ3) is 4.54. The molecule has 5 nitrogen and oxygen atoms in total. The molecule has 1 heterocycles. The molecular formula is C21H24N4O. The fraction of sp³-hybridized carbons (Fsp3) is 0.333. The molecule has 1 saturated heterocycles. The third-order valence-corrected chi connectivity index (χ3v) is 4.62. The second-order valence-electron chi connectivity index (χ2n) is 6.64. The third-order valence-electron chi connectivity index (χ3n) is 4.62. The summed E-state index contributed by atoms with van der Waals surface area (Å²) in [5.41, 5.74) is 3.31. The van der Waals surface area contributed by atoms with Crippen molar-refractivity contribution >= 4 is 23.0 Å². The monoisotopic (exact) mass is 348 g/mol. The molecule has 0 spiro atoms. The zero-order valence-electron chi connectivity index (χ0n) is 15.0. The molecular weight excluding hydrogens is 324 g/mol. The number of piperidine rings is 1. The highest BCUT2D eigenvalue weighted by Crippen LogP contribution is 2.22. The van der Waals surface area contributed by atoms with Crippen LogP contribution in [0.1, 0.15) is 31.7 Å². The Morgan fingerprint density at radius 1 is 1.08 bits per heavy atom. The first-order valence-corrected chi connectivity index (χ1v) is 9.08. The van der Waals surface area contributed by atoms with Gasteiger partial charge in [-0.25, -0.2) is 0 Å². The largest absolute Gasteiger partial charge is 0.374 e. The van der Waals surface area contributed by atoms with Crippen LogP contribution in [-0.2, 0) is 4.79 Å². The maximum atomic E-state index is 12.4. The number of rotatable bonds is 5. The second-order valence-corrected chi connectivity index (χ2v) is 6.64. The molecule has 1 aliphatic heterocycles. The minimum absolute atomic E-state index is 0.139. The average Bonchev–Trinajstić information content (AvgIpc) is 2.69. The van der Waals surface area contributed by atoms with E-state index in [4.69, 9.17) is 5.26 Å². The second kappa shape index (κ2) is 8.39. The van der Waals surface area contributed by atoms with Gasteiger partial charge in [0.2, 0.25) is 5.91 Å². The Hall–Kier alpha value is -3.00. The van der Waals surface area contributed by atoms with Crippen LogP contribution in [0.25, 0.3) is 0 Å². The zero-order chi connectivity index (χ0) is 18.4. The van der Waals surface area contributed by atoms with Gasteiger partial charge in [-0.3, -0.25) is 4.79 Å². The minimum atomic E-state index is -0.387. The van der Waals surface area contributed by atoms with Gasteiger partial charge in [0.15, 0.2) is 0 Å². The van der Waals surface area contributed by atoms with Gasteiger partial charge in [-0.2, -0.15) is 5.26 Å². The highest BCUT2D eigenvalue weighted by Gasteiger charge is 2.14. The van der Waals surface area contributed by atoms with Crippen molar-refractivity contribution in [1.29, 1.82) is 5.26 Å². The highest BCUT2D eigenvalue weighted by molar-refractivity contribution is 5.96. The summed E-state index contributed by atoms with van der Waals surface area (Å²) in [5.74, 6) is -0.139. The minimum Gasteiger partial charge on any atom is -0.374 e. The highest BCUT2D eigenvalue weighted by atomic mass is 16.2. The smallest absolute Gasteiger partial charge is 0.246 e. The standard InChI is InChI=1S/C21H24N4O/c1-16(21(26)24-19-7-5-6-17(14-19)15-22)23-18-8-10-20(11-9-18)25-12-3-2-4-13-25/h5-11,14,16,23H,2-4,12-13H2,1H3,(H,24,26). The predicted molar refractivity (Wildman–Crippen MR) is 105 cm³/mol. The molecule has 2 aromatic rings. The summed E-state index contributed by atoms with van der Waals surface area (Å²) in [4.78, 5) is 14.8. The molecule has 2 N–H and O–H groups in total. The Balaban J connectivity index is 1.57. The van der Waals surface area contributed by atoms with E-state index in [0.717, 1.165) is 18.8 Å². The molecule has 1 aliphatic rings. The number of anilines is 3. The average molecular weight is 348 g/mol. The Labute approximate surface area is 154 Å². The molecule has 1 unspecified atom stereocenters. The summed E-state index contributed by atoms with van der Waals surface area (Å²) in [5, 5.41) is 15.0. The fourth-order valence-electron chi connectivity index (χ4n) is 3.15. The summed E-state index contributed by atoms with van der Waals surface area (Å²) in [6.07, 6.45) is 3.83. The van der Waals surface area contributed by atoms with Crippen LogP contribution >= 0.6 is 0 Å². The number of nitrogens with one attached hydrogen (secondary N) is 2. The maximum Gasteiger partial charge on any atom is 0.246 e. The van der Waals surface area contributed by atoms with Crippen molar-refractivity contribution in [3.8, 4) is 6.07 Å². The summed E-state index contributed by atoms with van der Waals surface area (Å²) in [6.45, 7) is 4.06. The molecule has 0 radical (unpaired) electrons. The van der Waals surface area contributed by atoms with E-state index in [9.17, 15) is 4.79 Å². The molecule has 134 valence electrons. The molecule has 1 fully saturated rings.